The molecule has 1 saturated heterocycles. The van der Waals surface area contributed by atoms with Gasteiger partial charge in [-0.05, 0) is 44.1 Å². The fourth-order valence-electron chi connectivity index (χ4n) is 1.76. The lowest BCUT2D eigenvalue weighted by molar-refractivity contribution is 0.162. The van der Waals surface area contributed by atoms with Crippen molar-refractivity contribution in [1.29, 1.82) is 0 Å². The minimum atomic E-state index is 0.333. The fourth-order valence-corrected chi connectivity index (χ4v) is 1.76. The van der Waals surface area contributed by atoms with Gasteiger partial charge in [0.05, 0.1) is 0 Å². The Labute approximate surface area is 90.6 Å². The highest BCUT2D eigenvalue weighted by Crippen LogP contribution is 2.17. The van der Waals surface area contributed by atoms with Crippen LogP contribution in [0, 0.1) is 12.3 Å². The van der Waals surface area contributed by atoms with E-state index in [4.69, 9.17) is 11.2 Å². The third-order valence-corrected chi connectivity index (χ3v) is 2.59. The molecule has 0 atom stereocenters. The highest BCUT2D eigenvalue weighted by atomic mass is 16.5. The smallest absolute Gasteiger partial charge is 0.120 e. The van der Waals surface area contributed by atoms with Gasteiger partial charge in [0.1, 0.15) is 11.9 Å². The molecule has 1 aromatic carbocycles. The summed E-state index contributed by atoms with van der Waals surface area (Å²) in [7, 11) is 0. The second-order valence-corrected chi connectivity index (χ2v) is 3.74. The van der Waals surface area contributed by atoms with Gasteiger partial charge >= 0.3 is 0 Å². The first-order valence-corrected chi connectivity index (χ1v) is 5.32. The summed E-state index contributed by atoms with van der Waals surface area (Å²) in [5, 5.41) is 3.31. The molecule has 2 nitrogen and oxygen atoms in total. The van der Waals surface area contributed by atoms with Crippen LogP contribution in [0.2, 0.25) is 0 Å². The Bertz CT molecular complexity index is 361. The summed E-state index contributed by atoms with van der Waals surface area (Å²) in [5.41, 5.74) is 0.876. The molecule has 0 aliphatic carbocycles. The minimum absolute atomic E-state index is 0.333. The van der Waals surface area contributed by atoms with Gasteiger partial charge < -0.3 is 10.1 Å². The molecule has 0 bridgehead atoms. The van der Waals surface area contributed by atoms with Gasteiger partial charge in [0.2, 0.25) is 0 Å². The van der Waals surface area contributed by atoms with E-state index in [9.17, 15) is 0 Å². The Balaban J connectivity index is 2.00. The molecule has 78 valence electrons. The number of hydrogen-bond donors (Lipinski definition) is 1. The normalized spacial score (nSPS) is 17.0. The van der Waals surface area contributed by atoms with Crippen LogP contribution in [0.5, 0.6) is 5.75 Å². The van der Waals surface area contributed by atoms with Crippen molar-refractivity contribution in [2.75, 3.05) is 13.1 Å². The first kappa shape index (κ1) is 10.1. The Morgan fingerprint density at radius 2 is 2.13 bits per heavy atom. The van der Waals surface area contributed by atoms with E-state index in [1.807, 2.05) is 24.3 Å². The second kappa shape index (κ2) is 4.86. The van der Waals surface area contributed by atoms with E-state index in [-0.39, 0.29) is 0 Å². The van der Waals surface area contributed by atoms with Crippen molar-refractivity contribution in [3.05, 3.63) is 29.8 Å². The monoisotopic (exact) mass is 201 g/mol. The van der Waals surface area contributed by atoms with Crippen molar-refractivity contribution in [3.8, 4) is 18.1 Å². The Kier molecular flexibility index (Phi) is 3.26. The molecule has 1 N–H and O–H groups in total. The van der Waals surface area contributed by atoms with E-state index in [1.54, 1.807) is 0 Å². The van der Waals surface area contributed by atoms with Crippen LogP contribution in [-0.2, 0) is 0 Å². The maximum Gasteiger partial charge on any atom is 0.120 e. The Morgan fingerprint density at radius 1 is 1.33 bits per heavy atom. The van der Waals surface area contributed by atoms with Gasteiger partial charge in [-0.1, -0.05) is 12.0 Å². The van der Waals surface area contributed by atoms with E-state index in [1.165, 1.54) is 0 Å². The average Bonchev–Trinajstić information content (AvgIpc) is 2.31. The van der Waals surface area contributed by atoms with Crippen molar-refractivity contribution >= 4 is 0 Å². The fraction of sp³-hybridized carbons (Fsp3) is 0.385. The molecule has 2 rings (SSSR count). The summed E-state index contributed by atoms with van der Waals surface area (Å²) in [5.74, 6) is 3.50. The van der Waals surface area contributed by atoms with Gasteiger partial charge in [-0.2, -0.15) is 0 Å². The molecule has 0 aromatic heterocycles. The zero-order chi connectivity index (χ0) is 10.5. The van der Waals surface area contributed by atoms with Crippen molar-refractivity contribution in [2.45, 2.75) is 18.9 Å². The summed E-state index contributed by atoms with van der Waals surface area (Å²) in [4.78, 5) is 0. The number of terminal acetylenes is 1. The molecular formula is C13H15NO. The zero-order valence-electron chi connectivity index (χ0n) is 8.70. The van der Waals surface area contributed by atoms with Gasteiger partial charge in [-0.15, -0.1) is 6.42 Å². The summed E-state index contributed by atoms with van der Waals surface area (Å²) >= 11 is 0. The van der Waals surface area contributed by atoms with Crippen molar-refractivity contribution in [2.24, 2.45) is 0 Å². The molecule has 1 aliphatic heterocycles. The number of rotatable bonds is 2. The van der Waals surface area contributed by atoms with Crippen LogP contribution in [-0.4, -0.2) is 19.2 Å². The first-order chi connectivity index (χ1) is 7.38. The molecule has 1 heterocycles. The third kappa shape index (κ3) is 2.74. The molecule has 0 spiro atoms. The first-order valence-electron chi connectivity index (χ1n) is 5.32. The van der Waals surface area contributed by atoms with Crippen molar-refractivity contribution < 1.29 is 4.74 Å². The lowest BCUT2D eigenvalue weighted by Gasteiger charge is -2.23. The predicted molar refractivity (Wildman–Crippen MR) is 60.9 cm³/mol. The lowest BCUT2D eigenvalue weighted by atomic mass is 10.1. The molecular weight excluding hydrogens is 186 g/mol. The number of piperidine rings is 1. The largest absolute Gasteiger partial charge is 0.490 e. The van der Waals surface area contributed by atoms with Crippen LogP contribution in [0.15, 0.2) is 24.3 Å². The number of ether oxygens (including phenoxy) is 1. The summed E-state index contributed by atoms with van der Waals surface area (Å²) in [6.07, 6.45) is 7.81. The highest BCUT2D eigenvalue weighted by molar-refractivity contribution is 5.38. The lowest BCUT2D eigenvalue weighted by Crippen LogP contribution is -2.34. The third-order valence-electron chi connectivity index (χ3n) is 2.59. The van der Waals surface area contributed by atoms with Crippen LogP contribution in [0.4, 0.5) is 0 Å². The molecule has 2 heteroatoms. The van der Waals surface area contributed by atoms with Crippen LogP contribution < -0.4 is 10.1 Å². The van der Waals surface area contributed by atoms with E-state index < -0.39 is 0 Å². The molecule has 0 saturated carbocycles. The molecule has 0 unspecified atom stereocenters. The topological polar surface area (TPSA) is 21.3 Å². The maximum atomic E-state index is 5.86. The minimum Gasteiger partial charge on any atom is -0.490 e. The molecule has 0 amide bonds. The molecule has 1 aliphatic rings. The number of hydrogen-bond acceptors (Lipinski definition) is 2. The second-order valence-electron chi connectivity index (χ2n) is 3.74. The van der Waals surface area contributed by atoms with E-state index >= 15 is 0 Å². The Hall–Kier alpha value is -1.46. The van der Waals surface area contributed by atoms with Crippen LogP contribution >= 0.6 is 0 Å². The van der Waals surface area contributed by atoms with Gasteiger partial charge in [0.25, 0.3) is 0 Å². The van der Waals surface area contributed by atoms with Gasteiger partial charge in [0.15, 0.2) is 0 Å². The van der Waals surface area contributed by atoms with Crippen molar-refractivity contribution in [1.82, 2.24) is 5.32 Å². The molecule has 0 radical (unpaired) electrons. The van der Waals surface area contributed by atoms with E-state index in [2.05, 4.69) is 11.2 Å². The SMILES string of the molecule is C#Cc1cccc(OC2CCNCC2)c1. The number of benzene rings is 1. The van der Waals surface area contributed by atoms with Gasteiger partial charge in [-0.3, -0.25) is 0 Å². The van der Waals surface area contributed by atoms with Crippen LogP contribution in [0.25, 0.3) is 0 Å². The zero-order valence-corrected chi connectivity index (χ0v) is 8.70. The van der Waals surface area contributed by atoms with Crippen LogP contribution in [0.1, 0.15) is 18.4 Å². The molecule has 1 fully saturated rings. The standard InChI is InChI=1S/C13H15NO/c1-2-11-4-3-5-13(10-11)15-12-6-8-14-9-7-12/h1,3-5,10,12,14H,6-9H2. The molecule has 15 heavy (non-hydrogen) atoms. The van der Waals surface area contributed by atoms with Crippen molar-refractivity contribution in [3.63, 3.8) is 0 Å². The Morgan fingerprint density at radius 3 is 2.87 bits per heavy atom. The summed E-state index contributed by atoms with van der Waals surface area (Å²) in [6, 6.07) is 7.73. The van der Waals surface area contributed by atoms with Crippen LogP contribution in [0.3, 0.4) is 0 Å². The van der Waals surface area contributed by atoms with E-state index in [0.29, 0.717) is 6.10 Å². The quantitative estimate of drug-likeness (QED) is 0.737. The summed E-state index contributed by atoms with van der Waals surface area (Å²) < 4.78 is 5.86. The van der Waals surface area contributed by atoms with E-state index in [0.717, 1.165) is 37.2 Å². The van der Waals surface area contributed by atoms with Gasteiger partial charge in [-0.25, -0.2) is 0 Å². The van der Waals surface area contributed by atoms with Gasteiger partial charge in [0, 0.05) is 5.56 Å². The highest BCUT2D eigenvalue weighted by Gasteiger charge is 2.14. The molecule has 1 aromatic rings. The summed E-state index contributed by atoms with van der Waals surface area (Å²) in [6.45, 7) is 2.08. The average molecular weight is 201 g/mol. The predicted octanol–water partition coefficient (Wildman–Crippen LogP) is 1.80. The maximum absolute atomic E-state index is 5.86. The number of nitrogens with one attached hydrogen (secondary N) is 1.